The summed E-state index contributed by atoms with van der Waals surface area (Å²) in [6, 6.07) is 5.03. The van der Waals surface area contributed by atoms with Gasteiger partial charge in [0.25, 0.3) is 5.91 Å². The Morgan fingerprint density at radius 3 is 2.50 bits per heavy atom. The molecule has 24 heavy (non-hydrogen) atoms. The number of nitrogens with zero attached hydrogens (tertiary/aromatic N) is 2. The van der Waals surface area contributed by atoms with Crippen molar-refractivity contribution in [3.8, 4) is 10.6 Å². The van der Waals surface area contributed by atoms with Gasteiger partial charge in [0.1, 0.15) is 10.7 Å². The topological polar surface area (TPSA) is 33.2 Å². The van der Waals surface area contributed by atoms with Crippen LogP contribution in [0.1, 0.15) is 41.7 Å². The van der Waals surface area contributed by atoms with Crippen LogP contribution in [-0.4, -0.2) is 28.9 Å². The fourth-order valence-electron chi connectivity index (χ4n) is 2.77. The Kier molecular flexibility index (Phi) is 4.89. The molecular formula is C17H17F3N2OS. The van der Waals surface area contributed by atoms with Crippen LogP contribution in [0, 0.1) is 0 Å². The number of benzene rings is 1. The number of likely N-dealkylation sites (tertiary alicyclic amines) is 1. The summed E-state index contributed by atoms with van der Waals surface area (Å²) in [5.41, 5.74) is -0.0188. The van der Waals surface area contributed by atoms with Crippen molar-refractivity contribution in [1.29, 1.82) is 0 Å². The van der Waals surface area contributed by atoms with Crippen LogP contribution in [0.5, 0.6) is 0 Å². The summed E-state index contributed by atoms with van der Waals surface area (Å²) in [6.45, 7) is 1.44. The van der Waals surface area contributed by atoms with Gasteiger partial charge in [-0.05, 0) is 25.0 Å². The van der Waals surface area contributed by atoms with E-state index in [4.69, 9.17) is 0 Å². The molecule has 2 aromatic rings. The third-order valence-electron chi connectivity index (χ3n) is 4.05. The fourth-order valence-corrected chi connectivity index (χ4v) is 3.56. The number of hydrogen-bond acceptors (Lipinski definition) is 3. The number of carbonyl (C=O) groups excluding carboxylic acids is 1. The zero-order valence-electron chi connectivity index (χ0n) is 13.0. The Bertz CT molecular complexity index is 719. The van der Waals surface area contributed by atoms with Crippen molar-refractivity contribution in [3.05, 3.63) is 40.9 Å². The quantitative estimate of drug-likeness (QED) is 0.773. The monoisotopic (exact) mass is 354 g/mol. The molecule has 0 atom stereocenters. The van der Waals surface area contributed by atoms with Crippen LogP contribution < -0.4 is 0 Å². The van der Waals surface area contributed by atoms with Gasteiger partial charge in [0, 0.05) is 24.0 Å². The summed E-state index contributed by atoms with van der Waals surface area (Å²) in [5, 5.41) is 2.06. The predicted molar refractivity (Wildman–Crippen MR) is 86.9 cm³/mol. The minimum absolute atomic E-state index is 0.133. The van der Waals surface area contributed by atoms with Crippen LogP contribution in [-0.2, 0) is 6.18 Å². The van der Waals surface area contributed by atoms with Crippen LogP contribution in [0.3, 0.4) is 0 Å². The maximum absolute atomic E-state index is 12.8. The number of alkyl halides is 3. The molecule has 1 aliphatic rings. The highest BCUT2D eigenvalue weighted by Crippen LogP contribution is 2.33. The molecule has 1 amide bonds. The number of aromatic nitrogens is 1. The highest BCUT2D eigenvalue weighted by atomic mass is 32.1. The number of rotatable bonds is 2. The third-order valence-corrected chi connectivity index (χ3v) is 4.94. The van der Waals surface area contributed by atoms with Crippen LogP contribution in [0.4, 0.5) is 13.2 Å². The van der Waals surface area contributed by atoms with Gasteiger partial charge < -0.3 is 4.90 Å². The van der Waals surface area contributed by atoms with Gasteiger partial charge in [-0.2, -0.15) is 13.2 Å². The van der Waals surface area contributed by atoms with E-state index in [1.807, 2.05) is 0 Å². The molecule has 0 unspecified atom stereocenters. The predicted octanol–water partition coefficient (Wildman–Crippen LogP) is 4.85. The second kappa shape index (κ2) is 6.93. The molecule has 3 rings (SSSR count). The summed E-state index contributed by atoms with van der Waals surface area (Å²) in [5.74, 6) is -0.133. The standard InChI is InChI=1S/C17H17F3N2OS/c18-17(19,20)13-7-5-6-12(10-13)15-21-14(11-24-15)16(23)22-8-3-1-2-4-9-22/h5-7,10-11H,1-4,8-9H2. The molecule has 1 aliphatic heterocycles. The fraction of sp³-hybridized carbons (Fsp3) is 0.412. The smallest absolute Gasteiger partial charge is 0.337 e. The number of carbonyl (C=O) groups is 1. The van der Waals surface area contributed by atoms with Crippen LogP contribution in [0.15, 0.2) is 29.6 Å². The minimum atomic E-state index is -4.39. The molecule has 0 radical (unpaired) electrons. The molecule has 128 valence electrons. The van der Waals surface area contributed by atoms with Gasteiger partial charge in [-0.1, -0.05) is 25.0 Å². The number of halogens is 3. The molecule has 1 aromatic heterocycles. The molecule has 0 N–H and O–H groups in total. The molecule has 1 fully saturated rings. The normalized spacial score (nSPS) is 16.0. The van der Waals surface area contributed by atoms with Crippen LogP contribution in [0.25, 0.3) is 10.6 Å². The maximum atomic E-state index is 12.8. The first kappa shape index (κ1) is 17.0. The molecule has 0 aliphatic carbocycles. The highest BCUT2D eigenvalue weighted by molar-refractivity contribution is 7.13. The Hall–Kier alpha value is -1.89. The zero-order chi connectivity index (χ0) is 17.2. The second-order valence-electron chi connectivity index (χ2n) is 5.82. The van der Waals surface area contributed by atoms with E-state index >= 15 is 0 Å². The zero-order valence-corrected chi connectivity index (χ0v) is 13.8. The van der Waals surface area contributed by atoms with Crippen LogP contribution in [0.2, 0.25) is 0 Å². The first-order valence-corrected chi connectivity index (χ1v) is 8.75. The van der Waals surface area contributed by atoms with E-state index in [1.54, 1.807) is 16.3 Å². The molecule has 0 saturated carbocycles. The van der Waals surface area contributed by atoms with E-state index in [0.717, 1.165) is 50.9 Å². The van der Waals surface area contributed by atoms with Crippen molar-refractivity contribution in [3.63, 3.8) is 0 Å². The molecule has 1 aromatic carbocycles. The SMILES string of the molecule is O=C(c1csc(-c2cccc(C(F)(F)F)c2)n1)N1CCCCCC1. The third kappa shape index (κ3) is 3.77. The number of hydrogen-bond donors (Lipinski definition) is 0. The van der Waals surface area contributed by atoms with Gasteiger partial charge in [0.15, 0.2) is 0 Å². The number of amides is 1. The van der Waals surface area contributed by atoms with Crippen molar-refractivity contribution in [2.24, 2.45) is 0 Å². The van der Waals surface area contributed by atoms with Crippen molar-refractivity contribution in [2.45, 2.75) is 31.9 Å². The highest BCUT2D eigenvalue weighted by Gasteiger charge is 2.30. The summed E-state index contributed by atoms with van der Waals surface area (Å²) in [4.78, 5) is 18.6. The molecular weight excluding hydrogens is 337 g/mol. The van der Waals surface area contributed by atoms with E-state index in [2.05, 4.69) is 4.98 Å². The second-order valence-corrected chi connectivity index (χ2v) is 6.68. The van der Waals surface area contributed by atoms with E-state index in [1.165, 1.54) is 17.4 Å². The van der Waals surface area contributed by atoms with E-state index in [9.17, 15) is 18.0 Å². The first-order valence-electron chi connectivity index (χ1n) is 7.87. The van der Waals surface area contributed by atoms with Crippen molar-refractivity contribution < 1.29 is 18.0 Å². The van der Waals surface area contributed by atoms with Crippen molar-refractivity contribution in [1.82, 2.24) is 9.88 Å². The molecule has 2 heterocycles. The lowest BCUT2D eigenvalue weighted by Crippen LogP contribution is -2.32. The Morgan fingerprint density at radius 2 is 1.83 bits per heavy atom. The largest absolute Gasteiger partial charge is 0.416 e. The van der Waals surface area contributed by atoms with E-state index in [-0.39, 0.29) is 5.91 Å². The Balaban J connectivity index is 1.81. The maximum Gasteiger partial charge on any atom is 0.416 e. The van der Waals surface area contributed by atoms with Crippen molar-refractivity contribution >= 4 is 17.2 Å². The lowest BCUT2D eigenvalue weighted by Gasteiger charge is -2.18. The van der Waals surface area contributed by atoms with Gasteiger partial charge >= 0.3 is 6.18 Å². The van der Waals surface area contributed by atoms with E-state index < -0.39 is 11.7 Å². The molecule has 0 spiro atoms. The Labute approximate surface area is 142 Å². The molecule has 0 bridgehead atoms. The van der Waals surface area contributed by atoms with Crippen molar-refractivity contribution in [2.75, 3.05) is 13.1 Å². The summed E-state index contributed by atoms with van der Waals surface area (Å²) >= 11 is 1.19. The first-order chi connectivity index (χ1) is 11.4. The van der Waals surface area contributed by atoms with Gasteiger partial charge in [-0.15, -0.1) is 11.3 Å². The van der Waals surface area contributed by atoms with Gasteiger partial charge in [-0.3, -0.25) is 4.79 Å². The minimum Gasteiger partial charge on any atom is -0.337 e. The lowest BCUT2D eigenvalue weighted by atomic mass is 10.1. The van der Waals surface area contributed by atoms with E-state index in [0.29, 0.717) is 16.3 Å². The average Bonchev–Trinajstić information content (AvgIpc) is 2.89. The van der Waals surface area contributed by atoms with Gasteiger partial charge in [-0.25, -0.2) is 4.98 Å². The number of thiazole rings is 1. The molecule has 1 saturated heterocycles. The van der Waals surface area contributed by atoms with Gasteiger partial charge in [0.05, 0.1) is 5.56 Å². The summed E-state index contributed by atoms with van der Waals surface area (Å²) in [6.07, 6.45) is -0.183. The van der Waals surface area contributed by atoms with Gasteiger partial charge in [0.2, 0.25) is 0 Å². The molecule has 3 nitrogen and oxygen atoms in total. The molecule has 7 heteroatoms. The lowest BCUT2D eigenvalue weighted by molar-refractivity contribution is -0.137. The summed E-state index contributed by atoms with van der Waals surface area (Å²) in [7, 11) is 0. The summed E-state index contributed by atoms with van der Waals surface area (Å²) < 4.78 is 38.5. The average molecular weight is 354 g/mol. The Morgan fingerprint density at radius 1 is 1.12 bits per heavy atom. The van der Waals surface area contributed by atoms with Crippen LogP contribution >= 0.6 is 11.3 Å².